The molecule has 10 heteroatoms. The first-order valence-electron chi connectivity index (χ1n) is 12.3. The lowest BCUT2D eigenvalue weighted by Crippen LogP contribution is -2.38. The van der Waals surface area contributed by atoms with Crippen LogP contribution in [0.5, 0.6) is 0 Å². The average molecular weight is 539 g/mol. The first-order chi connectivity index (χ1) is 18.7. The summed E-state index contributed by atoms with van der Waals surface area (Å²) < 4.78 is 53.0. The van der Waals surface area contributed by atoms with Gasteiger partial charge in [-0.25, -0.2) is 4.79 Å². The number of halogens is 3. The molecule has 0 spiro atoms. The normalized spacial score (nSPS) is 19.7. The maximum Gasteiger partial charge on any atom is 0.423 e. The van der Waals surface area contributed by atoms with Crippen molar-refractivity contribution in [2.45, 2.75) is 36.6 Å². The fourth-order valence-corrected chi connectivity index (χ4v) is 4.91. The number of aromatic amines is 1. The van der Waals surface area contributed by atoms with E-state index in [4.69, 9.17) is 9.47 Å². The van der Waals surface area contributed by atoms with Crippen LogP contribution >= 0.6 is 0 Å². The van der Waals surface area contributed by atoms with Crippen LogP contribution in [0.1, 0.15) is 34.9 Å². The molecule has 2 heterocycles. The minimum absolute atomic E-state index is 0.152. The first kappa shape index (κ1) is 26.6. The van der Waals surface area contributed by atoms with Crippen molar-refractivity contribution in [3.05, 3.63) is 140 Å². The summed E-state index contributed by atoms with van der Waals surface area (Å²) in [5.41, 5.74) is -2.80. The molecule has 0 bridgehead atoms. The van der Waals surface area contributed by atoms with Gasteiger partial charge in [0.15, 0.2) is 0 Å². The Morgan fingerprint density at radius 1 is 0.872 bits per heavy atom. The van der Waals surface area contributed by atoms with Gasteiger partial charge < -0.3 is 14.6 Å². The largest absolute Gasteiger partial charge is 0.423 e. The van der Waals surface area contributed by atoms with Crippen molar-refractivity contribution in [2.24, 2.45) is 0 Å². The quantitative estimate of drug-likeness (QED) is 0.344. The van der Waals surface area contributed by atoms with E-state index >= 15 is 0 Å². The maximum atomic E-state index is 13.3. The molecule has 1 aliphatic heterocycles. The van der Waals surface area contributed by atoms with Crippen molar-refractivity contribution in [2.75, 3.05) is 6.61 Å². The highest BCUT2D eigenvalue weighted by atomic mass is 19.4. The van der Waals surface area contributed by atoms with Crippen LogP contribution < -0.4 is 11.2 Å². The Labute approximate surface area is 221 Å². The third-order valence-corrected chi connectivity index (χ3v) is 6.79. The zero-order valence-electron chi connectivity index (χ0n) is 20.5. The Hall–Kier alpha value is -3.99. The van der Waals surface area contributed by atoms with E-state index in [2.05, 4.69) is 0 Å². The highest BCUT2D eigenvalue weighted by molar-refractivity contribution is 5.47. The van der Waals surface area contributed by atoms with Crippen LogP contribution in [-0.2, 0) is 21.3 Å². The van der Waals surface area contributed by atoms with Gasteiger partial charge in [-0.2, -0.15) is 13.2 Å². The predicted molar refractivity (Wildman–Crippen MR) is 136 cm³/mol. The Bertz CT molecular complexity index is 1430. The Morgan fingerprint density at radius 2 is 1.36 bits per heavy atom. The SMILES string of the molecule is O=c1[nH]c(=O)n([C@H]2C[C@H](O)[C@@H](COC(c3ccccc3)(c3ccccc3)c3ccccc3)O2)cc1C(F)(F)F. The molecule has 39 heavy (non-hydrogen) atoms. The zero-order valence-corrected chi connectivity index (χ0v) is 20.5. The highest BCUT2D eigenvalue weighted by Crippen LogP contribution is 2.41. The molecule has 202 valence electrons. The van der Waals surface area contributed by atoms with E-state index < -0.39 is 47.0 Å². The summed E-state index contributed by atoms with van der Waals surface area (Å²) in [5.74, 6) is 0. The zero-order chi connectivity index (χ0) is 27.6. The van der Waals surface area contributed by atoms with Gasteiger partial charge in [0.2, 0.25) is 0 Å². The van der Waals surface area contributed by atoms with E-state index in [0.717, 1.165) is 16.7 Å². The molecule has 4 aromatic rings. The van der Waals surface area contributed by atoms with Crippen LogP contribution in [0.2, 0.25) is 0 Å². The van der Waals surface area contributed by atoms with Crippen molar-refractivity contribution < 1.29 is 27.8 Å². The minimum Gasteiger partial charge on any atom is -0.390 e. The Morgan fingerprint density at radius 3 is 1.82 bits per heavy atom. The smallest absolute Gasteiger partial charge is 0.390 e. The Balaban J connectivity index is 1.49. The molecule has 0 saturated carbocycles. The summed E-state index contributed by atoms with van der Waals surface area (Å²) in [6.07, 6.45) is -8.08. The molecular formula is C29H25F3N2O5. The number of ether oxygens (including phenoxy) is 2. The number of hydrogen-bond donors (Lipinski definition) is 2. The molecule has 5 rings (SSSR count). The molecule has 0 amide bonds. The lowest BCUT2D eigenvalue weighted by molar-refractivity contribution is -0.139. The van der Waals surface area contributed by atoms with Crippen molar-refractivity contribution in [3.63, 3.8) is 0 Å². The summed E-state index contributed by atoms with van der Waals surface area (Å²) in [7, 11) is 0. The summed E-state index contributed by atoms with van der Waals surface area (Å²) in [6.45, 7) is -0.152. The van der Waals surface area contributed by atoms with E-state index in [-0.39, 0.29) is 13.0 Å². The molecule has 1 aromatic heterocycles. The second-order valence-electron chi connectivity index (χ2n) is 9.23. The second-order valence-corrected chi connectivity index (χ2v) is 9.23. The third-order valence-electron chi connectivity index (χ3n) is 6.79. The molecule has 0 unspecified atom stereocenters. The molecule has 1 saturated heterocycles. The maximum absolute atomic E-state index is 13.3. The second kappa shape index (κ2) is 10.6. The van der Waals surface area contributed by atoms with Crippen LogP contribution in [0, 0.1) is 0 Å². The molecule has 1 aliphatic rings. The number of aromatic nitrogens is 2. The van der Waals surface area contributed by atoms with Gasteiger partial charge in [0.05, 0.1) is 12.7 Å². The summed E-state index contributed by atoms with van der Waals surface area (Å²) in [5, 5.41) is 10.8. The lowest BCUT2D eigenvalue weighted by atomic mass is 9.80. The summed E-state index contributed by atoms with van der Waals surface area (Å²) in [6, 6.07) is 28.5. The number of nitrogens with one attached hydrogen (secondary N) is 1. The number of alkyl halides is 3. The van der Waals surface area contributed by atoms with Gasteiger partial charge in [0, 0.05) is 12.6 Å². The van der Waals surface area contributed by atoms with E-state index in [1.54, 1.807) is 4.98 Å². The average Bonchev–Trinajstić information content (AvgIpc) is 3.30. The number of rotatable bonds is 7. The minimum atomic E-state index is -4.97. The molecule has 3 atom stereocenters. The number of aliphatic hydroxyl groups is 1. The van der Waals surface area contributed by atoms with Gasteiger partial charge >= 0.3 is 11.9 Å². The number of nitrogens with zero attached hydrogens (tertiary/aromatic N) is 1. The van der Waals surface area contributed by atoms with E-state index in [1.165, 1.54) is 0 Å². The molecule has 0 radical (unpaired) electrons. The molecule has 3 aromatic carbocycles. The van der Waals surface area contributed by atoms with E-state index in [9.17, 15) is 27.9 Å². The van der Waals surface area contributed by atoms with Crippen LogP contribution in [0.4, 0.5) is 13.2 Å². The molecule has 7 nitrogen and oxygen atoms in total. The van der Waals surface area contributed by atoms with Crippen LogP contribution in [0.25, 0.3) is 0 Å². The number of hydrogen-bond acceptors (Lipinski definition) is 5. The number of aliphatic hydroxyl groups excluding tert-OH is 1. The summed E-state index contributed by atoms with van der Waals surface area (Å²) >= 11 is 0. The highest BCUT2D eigenvalue weighted by Gasteiger charge is 2.42. The summed E-state index contributed by atoms with van der Waals surface area (Å²) in [4.78, 5) is 25.7. The number of H-pyrrole nitrogens is 1. The van der Waals surface area contributed by atoms with Crippen molar-refractivity contribution in [1.29, 1.82) is 0 Å². The third kappa shape index (κ3) is 5.18. The molecule has 0 aliphatic carbocycles. The number of benzene rings is 3. The van der Waals surface area contributed by atoms with Gasteiger partial charge in [0.25, 0.3) is 5.56 Å². The fourth-order valence-electron chi connectivity index (χ4n) is 4.91. The monoisotopic (exact) mass is 538 g/mol. The molecule has 2 N–H and O–H groups in total. The van der Waals surface area contributed by atoms with E-state index in [1.807, 2.05) is 91.0 Å². The Kier molecular flexibility index (Phi) is 7.26. The molecular weight excluding hydrogens is 513 g/mol. The van der Waals surface area contributed by atoms with Crippen molar-refractivity contribution >= 4 is 0 Å². The van der Waals surface area contributed by atoms with Crippen LogP contribution in [0.3, 0.4) is 0 Å². The van der Waals surface area contributed by atoms with Crippen molar-refractivity contribution in [3.8, 4) is 0 Å². The standard InChI is InChI=1S/C29H25F3N2O5/c30-29(31,32)22-17-34(27(37)33-26(22)36)25-16-23(35)24(39-25)18-38-28(19-10-4-1-5-11-19,20-12-6-2-7-13-20)21-14-8-3-9-15-21/h1-15,17,23-25,35H,16,18H2,(H,33,36,37)/t23-,24+,25+/m0/s1. The van der Waals surface area contributed by atoms with Gasteiger partial charge in [-0.05, 0) is 16.7 Å². The first-order valence-corrected chi connectivity index (χ1v) is 12.3. The van der Waals surface area contributed by atoms with Gasteiger partial charge in [-0.3, -0.25) is 14.3 Å². The predicted octanol–water partition coefficient (Wildman–Crippen LogP) is 4.21. The van der Waals surface area contributed by atoms with Crippen LogP contribution in [-0.4, -0.2) is 33.5 Å². The van der Waals surface area contributed by atoms with Gasteiger partial charge in [-0.1, -0.05) is 91.0 Å². The fraction of sp³-hybridized carbons (Fsp3) is 0.241. The van der Waals surface area contributed by atoms with E-state index in [0.29, 0.717) is 10.8 Å². The topological polar surface area (TPSA) is 93.6 Å². The lowest BCUT2D eigenvalue weighted by Gasteiger charge is -2.37. The van der Waals surface area contributed by atoms with Gasteiger partial charge in [-0.15, -0.1) is 0 Å². The van der Waals surface area contributed by atoms with Crippen LogP contribution in [0.15, 0.2) is 107 Å². The van der Waals surface area contributed by atoms with Gasteiger partial charge in [0.1, 0.15) is 23.5 Å². The van der Waals surface area contributed by atoms with Crippen molar-refractivity contribution in [1.82, 2.24) is 9.55 Å². The molecule has 1 fully saturated rings.